The Kier molecular flexibility index (Phi) is 3.97. The Morgan fingerprint density at radius 3 is 2.16 bits per heavy atom. The zero-order valence-corrected chi connectivity index (χ0v) is 12.8. The number of rotatable bonds is 2. The summed E-state index contributed by atoms with van der Waals surface area (Å²) in [6.07, 6.45) is 4.63. The van der Waals surface area contributed by atoms with Gasteiger partial charge in [-0.15, -0.1) is 0 Å². The average molecular weight is 267 g/mol. The molecule has 2 aliphatic rings. The highest BCUT2D eigenvalue weighted by molar-refractivity contribution is 5.70. The molecular weight excluding hydrogens is 238 g/mol. The first-order chi connectivity index (χ1) is 8.69. The van der Waals surface area contributed by atoms with Gasteiger partial charge in [-0.1, -0.05) is 27.7 Å². The summed E-state index contributed by atoms with van der Waals surface area (Å²) in [4.78, 5) is 11.2. The number of carbonyl (C=O) groups is 1. The number of hydrogen-bond donors (Lipinski definition) is 2. The quantitative estimate of drug-likeness (QED) is 0.808. The van der Waals surface area contributed by atoms with E-state index in [1.807, 2.05) is 0 Å². The highest BCUT2D eigenvalue weighted by Crippen LogP contribution is 2.51. The van der Waals surface area contributed by atoms with Crippen LogP contribution in [-0.2, 0) is 4.79 Å². The van der Waals surface area contributed by atoms with Crippen LogP contribution >= 0.6 is 0 Å². The summed E-state index contributed by atoms with van der Waals surface area (Å²) in [7, 11) is 0. The van der Waals surface area contributed by atoms with Gasteiger partial charge in [0.05, 0.1) is 5.92 Å². The van der Waals surface area contributed by atoms with E-state index in [4.69, 9.17) is 0 Å². The van der Waals surface area contributed by atoms with Gasteiger partial charge >= 0.3 is 5.97 Å². The van der Waals surface area contributed by atoms with Crippen molar-refractivity contribution in [3.63, 3.8) is 0 Å². The van der Waals surface area contributed by atoms with Crippen molar-refractivity contribution < 1.29 is 9.90 Å². The topological polar surface area (TPSA) is 49.3 Å². The van der Waals surface area contributed by atoms with Crippen LogP contribution in [0.5, 0.6) is 0 Å². The second-order valence-electron chi connectivity index (χ2n) is 8.36. The van der Waals surface area contributed by atoms with E-state index < -0.39 is 5.97 Å². The van der Waals surface area contributed by atoms with Crippen LogP contribution in [0.3, 0.4) is 0 Å². The van der Waals surface area contributed by atoms with Crippen molar-refractivity contribution in [1.29, 1.82) is 0 Å². The maximum Gasteiger partial charge on any atom is 0.307 e. The molecule has 1 heterocycles. The van der Waals surface area contributed by atoms with Crippen LogP contribution in [0.1, 0.15) is 53.4 Å². The molecule has 0 aromatic rings. The maximum absolute atomic E-state index is 11.2. The fraction of sp³-hybridized carbons (Fsp3) is 0.938. The molecule has 0 bridgehead atoms. The van der Waals surface area contributed by atoms with Crippen LogP contribution < -0.4 is 5.32 Å². The monoisotopic (exact) mass is 267 g/mol. The molecule has 2 atom stereocenters. The smallest absolute Gasteiger partial charge is 0.307 e. The van der Waals surface area contributed by atoms with E-state index in [0.717, 1.165) is 13.0 Å². The molecule has 3 heteroatoms. The molecule has 2 rings (SSSR count). The molecule has 2 fully saturated rings. The fourth-order valence-corrected chi connectivity index (χ4v) is 4.79. The predicted octanol–water partition coefficient (Wildman–Crippen LogP) is 3.15. The summed E-state index contributed by atoms with van der Waals surface area (Å²) in [5.74, 6) is 0.389. The van der Waals surface area contributed by atoms with Crippen LogP contribution in [0, 0.1) is 28.6 Å². The Labute approximate surface area is 117 Å². The fourth-order valence-electron chi connectivity index (χ4n) is 4.79. The lowest BCUT2D eigenvalue weighted by atomic mass is 9.58. The number of hydrogen-bond acceptors (Lipinski definition) is 2. The lowest BCUT2D eigenvalue weighted by molar-refractivity contribution is -0.143. The van der Waals surface area contributed by atoms with Crippen LogP contribution in [0.25, 0.3) is 0 Å². The normalized spacial score (nSPS) is 34.9. The average Bonchev–Trinajstić information content (AvgIpc) is 2.25. The van der Waals surface area contributed by atoms with Crippen LogP contribution in [0.15, 0.2) is 0 Å². The van der Waals surface area contributed by atoms with Crippen molar-refractivity contribution >= 4 is 5.97 Å². The molecule has 1 aliphatic heterocycles. The Morgan fingerprint density at radius 1 is 1.05 bits per heavy atom. The van der Waals surface area contributed by atoms with Crippen molar-refractivity contribution in [2.45, 2.75) is 53.4 Å². The van der Waals surface area contributed by atoms with Gasteiger partial charge < -0.3 is 10.4 Å². The first kappa shape index (κ1) is 14.8. The Balaban J connectivity index is 2.06. The summed E-state index contributed by atoms with van der Waals surface area (Å²) in [6.45, 7) is 11.1. The number of carboxylic acids is 1. The molecule has 0 aromatic carbocycles. The van der Waals surface area contributed by atoms with Gasteiger partial charge in [-0.3, -0.25) is 4.79 Å². The molecule has 0 radical (unpaired) electrons. The summed E-state index contributed by atoms with van der Waals surface area (Å²) in [6, 6.07) is 0. The number of carboxylic acid groups (broad SMARTS) is 1. The molecule has 19 heavy (non-hydrogen) atoms. The summed E-state index contributed by atoms with van der Waals surface area (Å²) < 4.78 is 0. The van der Waals surface area contributed by atoms with E-state index >= 15 is 0 Å². The predicted molar refractivity (Wildman–Crippen MR) is 77.0 cm³/mol. The van der Waals surface area contributed by atoms with Gasteiger partial charge in [0.25, 0.3) is 0 Å². The Morgan fingerprint density at radius 2 is 1.63 bits per heavy atom. The Bertz CT molecular complexity index is 333. The molecule has 1 aliphatic carbocycles. The van der Waals surface area contributed by atoms with Crippen LogP contribution in [-0.4, -0.2) is 24.2 Å². The van der Waals surface area contributed by atoms with Gasteiger partial charge in [0.1, 0.15) is 0 Å². The Hall–Kier alpha value is -0.570. The van der Waals surface area contributed by atoms with Gasteiger partial charge in [-0.05, 0) is 54.9 Å². The van der Waals surface area contributed by atoms with E-state index in [-0.39, 0.29) is 5.92 Å². The summed E-state index contributed by atoms with van der Waals surface area (Å²) in [5, 5.41) is 12.6. The van der Waals surface area contributed by atoms with Gasteiger partial charge in [-0.25, -0.2) is 0 Å². The minimum absolute atomic E-state index is 0.188. The van der Waals surface area contributed by atoms with E-state index in [2.05, 4.69) is 33.0 Å². The van der Waals surface area contributed by atoms with Gasteiger partial charge in [-0.2, -0.15) is 0 Å². The third-order valence-corrected chi connectivity index (χ3v) is 4.99. The lowest BCUT2D eigenvalue weighted by Crippen LogP contribution is -2.45. The highest BCUT2D eigenvalue weighted by Gasteiger charge is 2.42. The molecule has 3 nitrogen and oxygen atoms in total. The van der Waals surface area contributed by atoms with Crippen molar-refractivity contribution in [3.8, 4) is 0 Å². The van der Waals surface area contributed by atoms with Gasteiger partial charge in [0.2, 0.25) is 0 Å². The molecule has 0 aromatic heterocycles. The first-order valence-electron chi connectivity index (χ1n) is 7.62. The van der Waals surface area contributed by atoms with Crippen LogP contribution in [0.2, 0.25) is 0 Å². The molecule has 2 N–H and O–H groups in total. The van der Waals surface area contributed by atoms with E-state index in [0.29, 0.717) is 29.2 Å². The maximum atomic E-state index is 11.2. The molecule has 1 saturated heterocycles. The second-order valence-corrected chi connectivity index (χ2v) is 8.36. The molecule has 1 saturated carbocycles. The van der Waals surface area contributed by atoms with E-state index in [1.54, 1.807) is 0 Å². The second kappa shape index (κ2) is 5.08. The lowest BCUT2D eigenvalue weighted by Gasteiger charge is -2.48. The number of piperidine rings is 1. The highest BCUT2D eigenvalue weighted by atomic mass is 16.4. The standard InChI is InChI=1S/C16H29NO2/c1-15(2)6-13(7-16(3,4)10-15)11-5-12(14(18)19)9-17-8-11/h11-13,17H,5-10H2,1-4H3,(H,18,19). The minimum atomic E-state index is -0.633. The zero-order chi connectivity index (χ0) is 14.3. The third-order valence-electron chi connectivity index (χ3n) is 4.99. The van der Waals surface area contributed by atoms with E-state index in [9.17, 15) is 9.90 Å². The summed E-state index contributed by atoms with van der Waals surface area (Å²) >= 11 is 0. The van der Waals surface area contributed by atoms with Crippen molar-refractivity contribution in [3.05, 3.63) is 0 Å². The van der Waals surface area contributed by atoms with E-state index in [1.165, 1.54) is 19.3 Å². The molecule has 0 amide bonds. The minimum Gasteiger partial charge on any atom is -0.481 e. The molecule has 2 unspecified atom stereocenters. The zero-order valence-electron chi connectivity index (χ0n) is 12.8. The first-order valence-corrected chi connectivity index (χ1v) is 7.62. The molecule has 0 spiro atoms. The van der Waals surface area contributed by atoms with Gasteiger partial charge in [0, 0.05) is 6.54 Å². The van der Waals surface area contributed by atoms with Crippen molar-refractivity contribution in [1.82, 2.24) is 5.32 Å². The third kappa shape index (κ3) is 3.71. The molecular formula is C16H29NO2. The van der Waals surface area contributed by atoms with Crippen molar-refractivity contribution in [2.75, 3.05) is 13.1 Å². The number of nitrogens with one attached hydrogen (secondary N) is 1. The molecule has 110 valence electrons. The van der Waals surface area contributed by atoms with Crippen LogP contribution in [0.4, 0.5) is 0 Å². The van der Waals surface area contributed by atoms with Crippen molar-refractivity contribution in [2.24, 2.45) is 28.6 Å². The SMILES string of the molecule is CC1(C)CC(C2CNCC(C(=O)O)C2)CC(C)(C)C1. The summed E-state index contributed by atoms with van der Waals surface area (Å²) in [5.41, 5.74) is 0.783. The largest absolute Gasteiger partial charge is 0.481 e. The van der Waals surface area contributed by atoms with Gasteiger partial charge in [0.15, 0.2) is 0 Å². The number of aliphatic carboxylic acids is 1.